The molecule has 15 heavy (non-hydrogen) atoms. The van der Waals surface area contributed by atoms with Gasteiger partial charge in [0, 0.05) is 12.1 Å². The molecular weight excluding hydrogens is 191 g/mol. The van der Waals surface area contributed by atoms with Gasteiger partial charge in [-0.15, -0.1) is 0 Å². The number of hydrogen-bond donors (Lipinski definition) is 4. The summed E-state index contributed by atoms with van der Waals surface area (Å²) in [6.07, 6.45) is 6.57. The number of hydrogen-bond acceptors (Lipinski definition) is 4. The Balaban J connectivity index is 2.05. The van der Waals surface area contributed by atoms with Gasteiger partial charge in [0.1, 0.15) is 0 Å². The van der Waals surface area contributed by atoms with E-state index in [4.69, 9.17) is 21.5 Å². The standard InChI is InChI=1S/C10H23BN2O2/c12-9-5-4-8(7-9)10(13)3-1-2-6-11(14)15/h8-10,14-15H,1-7,12-13H2/t8?,9-,10+/m0/s1. The Morgan fingerprint density at radius 1 is 1.27 bits per heavy atom. The van der Waals surface area contributed by atoms with E-state index in [0.717, 1.165) is 38.5 Å². The zero-order valence-electron chi connectivity index (χ0n) is 9.31. The largest absolute Gasteiger partial charge is 0.451 e. The van der Waals surface area contributed by atoms with Crippen LogP contribution in [0, 0.1) is 5.92 Å². The molecule has 0 saturated heterocycles. The van der Waals surface area contributed by atoms with Gasteiger partial charge in [0.2, 0.25) is 0 Å². The van der Waals surface area contributed by atoms with E-state index in [2.05, 4.69) is 0 Å². The van der Waals surface area contributed by atoms with Crippen molar-refractivity contribution in [1.29, 1.82) is 0 Å². The molecule has 1 saturated carbocycles. The topological polar surface area (TPSA) is 92.5 Å². The highest BCUT2D eigenvalue weighted by Gasteiger charge is 2.26. The fourth-order valence-corrected chi connectivity index (χ4v) is 2.38. The monoisotopic (exact) mass is 214 g/mol. The molecule has 1 rings (SSSR count). The molecule has 6 N–H and O–H groups in total. The van der Waals surface area contributed by atoms with Gasteiger partial charge in [-0.25, -0.2) is 0 Å². The molecule has 1 aliphatic rings. The van der Waals surface area contributed by atoms with E-state index in [1.165, 1.54) is 0 Å². The quantitative estimate of drug-likeness (QED) is 0.372. The van der Waals surface area contributed by atoms with Crippen LogP contribution in [0.2, 0.25) is 6.32 Å². The Morgan fingerprint density at radius 2 is 2.00 bits per heavy atom. The van der Waals surface area contributed by atoms with Gasteiger partial charge < -0.3 is 21.5 Å². The van der Waals surface area contributed by atoms with Crippen LogP contribution in [0.25, 0.3) is 0 Å². The van der Waals surface area contributed by atoms with Crippen LogP contribution >= 0.6 is 0 Å². The third-order valence-corrected chi connectivity index (χ3v) is 3.37. The molecule has 1 unspecified atom stereocenters. The molecule has 4 nitrogen and oxygen atoms in total. The first-order valence-corrected chi connectivity index (χ1v) is 5.97. The van der Waals surface area contributed by atoms with Gasteiger partial charge >= 0.3 is 7.12 Å². The molecule has 0 heterocycles. The van der Waals surface area contributed by atoms with Crippen molar-refractivity contribution < 1.29 is 10.0 Å². The summed E-state index contributed by atoms with van der Waals surface area (Å²) in [5.41, 5.74) is 11.9. The summed E-state index contributed by atoms with van der Waals surface area (Å²) in [5.74, 6) is 0.582. The van der Waals surface area contributed by atoms with Crippen LogP contribution in [0.3, 0.4) is 0 Å². The van der Waals surface area contributed by atoms with Crippen molar-refractivity contribution >= 4 is 7.12 Å². The molecule has 0 aromatic rings. The SMILES string of the molecule is N[C@H]1CCC([C@H](N)CCCCB(O)O)C1. The summed E-state index contributed by atoms with van der Waals surface area (Å²) in [5, 5.41) is 17.3. The smallest absolute Gasteiger partial charge is 0.427 e. The van der Waals surface area contributed by atoms with E-state index in [1.54, 1.807) is 0 Å². The molecule has 1 aliphatic carbocycles. The highest BCUT2D eigenvalue weighted by molar-refractivity contribution is 6.40. The van der Waals surface area contributed by atoms with Gasteiger partial charge in [-0.2, -0.15) is 0 Å². The van der Waals surface area contributed by atoms with Crippen molar-refractivity contribution in [2.24, 2.45) is 17.4 Å². The molecule has 1 fully saturated rings. The lowest BCUT2D eigenvalue weighted by molar-refractivity contribution is 0.383. The summed E-state index contributed by atoms with van der Waals surface area (Å²) >= 11 is 0. The Bertz CT molecular complexity index is 181. The lowest BCUT2D eigenvalue weighted by Gasteiger charge is -2.18. The van der Waals surface area contributed by atoms with Gasteiger partial charge in [0.05, 0.1) is 0 Å². The molecule has 0 amide bonds. The van der Waals surface area contributed by atoms with Gasteiger partial charge in [-0.1, -0.05) is 12.8 Å². The normalized spacial score (nSPS) is 28.0. The van der Waals surface area contributed by atoms with E-state index in [0.29, 0.717) is 18.3 Å². The van der Waals surface area contributed by atoms with Crippen molar-refractivity contribution in [3.05, 3.63) is 0 Å². The Hall–Kier alpha value is -0.0951. The summed E-state index contributed by atoms with van der Waals surface area (Å²) in [7, 11) is -1.17. The third-order valence-electron chi connectivity index (χ3n) is 3.37. The minimum absolute atomic E-state index is 0.245. The van der Waals surface area contributed by atoms with Crippen molar-refractivity contribution in [3.63, 3.8) is 0 Å². The molecule has 0 spiro atoms. The van der Waals surface area contributed by atoms with Crippen LogP contribution in [0.5, 0.6) is 0 Å². The number of nitrogens with two attached hydrogens (primary N) is 2. The molecule has 0 radical (unpaired) electrons. The second-order valence-corrected chi connectivity index (χ2v) is 4.76. The molecule has 0 aliphatic heterocycles. The van der Waals surface area contributed by atoms with Crippen molar-refractivity contribution in [2.75, 3.05) is 0 Å². The highest BCUT2D eigenvalue weighted by atomic mass is 16.4. The maximum absolute atomic E-state index is 8.67. The molecule has 0 aromatic carbocycles. The number of rotatable bonds is 6. The maximum Gasteiger partial charge on any atom is 0.451 e. The lowest BCUT2D eigenvalue weighted by atomic mass is 9.82. The molecule has 0 bridgehead atoms. The maximum atomic E-state index is 8.67. The van der Waals surface area contributed by atoms with Crippen LogP contribution in [0.1, 0.15) is 38.5 Å². The first kappa shape index (κ1) is 13.0. The number of unbranched alkanes of at least 4 members (excludes halogenated alkanes) is 1. The molecular formula is C10H23BN2O2. The van der Waals surface area contributed by atoms with Gasteiger partial charge in [0.15, 0.2) is 0 Å². The van der Waals surface area contributed by atoms with Gasteiger partial charge in [-0.3, -0.25) is 0 Å². The van der Waals surface area contributed by atoms with E-state index >= 15 is 0 Å². The van der Waals surface area contributed by atoms with Crippen molar-refractivity contribution in [3.8, 4) is 0 Å². The summed E-state index contributed by atoms with van der Waals surface area (Å²) in [4.78, 5) is 0. The molecule has 0 aromatic heterocycles. The van der Waals surface area contributed by atoms with Crippen LogP contribution in [0.4, 0.5) is 0 Å². The van der Waals surface area contributed by atoms with Crippen molar-refractivity contribution in [1.82, 2.24) is 0 Å². The minimum Gasteiger partial charge on any atom is -0.427 e. The van der Waals surface area contributed by atoms with Crippen LogP contribution in [-0.4, -0.2) is 29.3 Å². The molecule has 5 heteroatoms. The highest BCUT2D eigenvalue weighted by Crippen LogP contribution is 2.28. The fraction of sp³-hybridized carbons (Fsp3) is 1.00. The zero-order valence-corrected chi connectivity index (χ0v) is 9.31. The summed E-state index contributed by atoms with van der Waals surface area (Å²) < 4.78 is 0. The third kappa shape index (κ3) is 4.97. The van der Waals surface area contributed by atoms with Gasteiger partial charge in [0.25, 0.3) is 0 Å². The predicted octanol–water partition coefficient (Wildman–Crippen LogP) is 0.0842. The van der Waals surface area contributed by atoms with E-state index in [-0.39, 0.29) is 6.04 Å². The van der Waals surface area contributed by atoms with Crippen molar-refractivity contribution in [2.45, 2.75) is 56.9 Å². The summed E-state index contributed by atoms with van der Waals surface area (Å²) in [6, 6.07) is 0.592. The second-order valence-electron chi connectivity index (χ2n) is 4.76. The summed E-state index contributed by atoms with van der Waals surface area (Å²) in [6.45, 7) is 0. The zero-order chi connectivity index (χ0) is 11.3. The average molecular weight is 214 g/mol. The predicted molar refractivity (Wildman–Crippen MR) is 62.1 cm³/mol. The van der Waals surface area contributed by atoms with E-state index < -0.39 is 7.12 Å². The molecule has 3 atom stereocenters. The Labute approximate surface area is 92.2 Å². The second kappa shape index (κ2) is 6.48. The van der Waals surface area contributed by atoms with E-state index in [9.17, 15) is 0 Å². The van der Waals surface area contributed by atoms with Crippen LogP contribution < -0.4 is 11.5 Å². The van der Waals surface area contributed by atoms with E-state index in [1.807, 2.05) is 0 Å². The van der Waals surface area contributed by atoms with Gasteiger partial charge in [-0.05, 0) is 37.9 Å². The van der Waals surface area contributed by atoms with Crippen LogP contribution in [0.15, 0.2) is 0 Å². The minimum atomic E-state index is -1.17. The average Bonchev–Trinajstić information content (AvgIpc) is 2.59. The molecule has 88 valence electrons. The lowest BCUT2D eigenvalue weighted by Crippen LogP contribution is -2.29. The van der Waals surface area contributed by atoms with Crippen LogP contribution in [-0.2, 0) is 0 Å². The first-order chi connectivity index (χ1) is 7.09. The Morgan fingerprint density at radius 3 is 2.53 bits per heavy atom. The first-order valence-electron chi connectivity index (χ1n) is 5.97. The fourth-order valence-electron chi connectivity index (χ4n) is 2.38. The Kier molecular flexibility index (Phi) is 5.60.